The molecule has 0 radical (unpaired) electrons. The Morgan fingerprint density at radius 2 is 1.58 bits per heavy atom. The summed E-state index contributed by atoms with van der Waals surface area (Å²) in [6, 6.07) is 18.5. The van der Waals surface area contributed by atoms with Crippen LogP contribution in [0.4, 0.5) is 0 Å². The van der Waals surface area contributed by atoms with Crippen molar-refractivity contribution in [3.05, 3.63) is 88.8 Å². The van der Waals surface area contributed by atoms with E-state index in [4.69, 9.17) is 0 Å². The molecule has 0 aliphatic rings. The molecule has 0 bridgehead atoms. The fourth-order valence-corrected chi connectivity index (χ4v) is 3.15. The number of carbonyl (C=O) groups is 1. The number of hydrogen-bond donors (Lipinski definition) is 1. The van der Waals surface area contributed by atoms with Gasteiger partial charge in [0, 0.05) is 29.7 Å². The topological polar surface area (TPSA) is 64.0 Å². The number of fused-ring (bicyclic) bond motifs is 2. The van der Waals surface area contributed by atoms with Crippen LogP contribution in [0.2, 0.25) is 0 Å². The van der Waals surface area contributed by atoms with Crippen molar-refractivity contribution in [2.45, 2.75) is 13.1 Å². The van der Waals surface area contributed by atoms with E-state index in [9.17, 15) is 9.59 Å². The molecule has 4 aromatic rings. The van der Waals surface area contributed by atoms with Crippen LogP contribution in [0.5, 0.6) is 0 Å². The molecule has 4 rings (SSSR count). The third-order valence-corrected chi connectivity index (χ3v) is 4.39. The molecular weight excluding hydrogens is 326 g/mol. The quantitative estimate of drug-likeness (QED) is 0.580. The molecule has 2 aromatic carbocycles. The van der Waals surface area contributed by atoms with Crippen LogP contribution in [0.1, 0.15) is 5.56 Å². The number of nitrogens with one attached hydrogen (secondary N) is 1. The first-order valence-electron chi connectivity index (χ1n) is 8.40. The van der Waals surface area contributed by atoms with Gasteiger partial charge < -0.3 is 9.88 Å². The van der Waals surface area contributed by atoms with Gasteiger partial charge in [-0.15, -0.1) is 0 Å². The van der Waals surface area contributed by atoms with Gasteiger partial charge in [0.2, 0.25) is 5.91 Å². The van der Waals surface area contributed by atoms with E-state index < -0.39 is 0 Å². The van der Waals surface area contributed by atoms with Gasteiger partial charge in [0.1, 0.15) is 6.54 Å². The molecule has 0 aliphatic carbocycles. The zero-order valence-corrected chi connectivity index (χ0v) is 14.1. The summed E-state index contributed by atoms with van der Waals surface area (Å²) >= 11 is 0. The van der Waals surface area contributed by atoms with Gasteiger partial charge in [0.15, 0.2) is 5.43 Å². The highest BCUT2D eigenvalue weighted by Gasteiger charge is 2.12. The van der Waals surface area contributed by atoms with Crippen molar-refractivity contribution < 1.29 is 4.79 Å². The molecule has 0 spiro atoms. The summed E-state index contributed by atoms with van der Waals surface area (Å²) in [6.07, 6.45) is 3.42. The standard InChI is InChI=1S/C21H17N3O2/c25-20(23-13-15-6-5-11-22-12-15)14-24-18-9-3-1-7-16(18)21(26)17-8-2-4-10-19(17)24/h1-12H,13-14H2,(H,23,25). The number of amides is 1. The van der Waals surface area contributed by atoms with Crippen LogP contribution in [0.15, 0.2) is 77.9 Å². The largest absolute Gasteiger partial charge is 0.350 e. The molecule has 0 aliphatic heterocycles. The Labute approximate surface area is 149 Å². The summed E-state index contributed by atoms with van der Waals surface area (Å²) in [5.74, 6) is -0.118. The predicted octanol–water partition coefficient (Wildman–Crippen LogP) is 2.87. The molecule has 0 saturated carbocycles. The fourth-order valence-electron chi connectivity index (χ4n) is 3.15. The number of nitrogens with zero attached hydrogens (tertiary/aromatic N) is 2. The lowest BCUT2D eigenvalue weighted by atomic mass is 10.1. The van der Waals surface area contributed by atoms with E-state index in [1.807, 2.05) is 53.1 Å². The molecule has 5 heteroatoms. The van der Waals surface area contributed by atoms with E-state index >= 15 is 0 Å². The van der Waals surface area contributed by atoms with Crippen molar-refractivity contribution in [2.75, 3.05) is 0 Å². The maximum absolute atomic E-state index is 12.7. The maximum atomic E-state index is 12.7. The minimum Gasteiger partial charge on any atom is -0.350 e. The zero-order valence-electron chi connectivity index (χ0n) is 14.1. The number of pyridine rings is 2. The van der Waals surface area contributed by atoms with E-state index in [0.717, 1.165) is 16.6 Å². The third-order valence-electron chi connectivity index (χ3n) is 4.39. The van der Waals surface area contributed by atoms with Crippen LogP contribution in [0, 0.1) is 0 Å². The van der Waals surface area contributed by atoms with Gasteiger partial charge in [-0.1, -0.05) is 30.3 Å². The third kappa shape index (κ3) is 2.95. The van der Waals surface area contributed by atoms with Crippen LogP contribution in [0.25, 0.3) is 21.8 Å². The first-order valence-corrected chi connectivity index (χ1v) is 8.40. The zero-order chi connectivity index (χ0) is 17.9. The summed E-state index contributed by atoms with van der Waals surface area (Å²) in [5.41, 5.74) is 2.44. The Balaban J connectivity index is 1.72. The lowest BCUT2D eigenvalue weighted by Crippen LogP contribution is -2.28. The highest BCUT2D eigenvalue weighted by Crippen LogP contribution is 2.18. The minimum absolute atomic E-state index is 0.0109. The molecule has 26 heavy (non-hydrogen) atoms. The summed E-state index contributed by atoms with van der Waals surface area (Å²) in [4.78, 5) is 29.3. The second kappa shape index (κ2) is 6.80. The highest BCUT2D eigenvalue weighted by molar-refractivity contribution is 5.94. The summed E-state index contributed by atoms with van der Waals surface area (Å²) in [7, 11) is 0. The maximum Gasteiger partial charge on any atom is 0.240 e. The van der Waals surface area contributed by atoms with Gasteiger partial charge in [-0.2, -0.15) is 0 Å². The molecule has 0 fully saturated rings. The Hall–Kier alpha value is -3.47. The molecule has 1 N–H and O–H groups in total. The number of aromatic nitrogens is 2. The molecule has 0 atom stereocenters. The number of benzene rings is 2. The lowest BCUT2D eigenvalue weighted by Gasteiger charge is -2.15. The summed E-state index contributed by atoms with van der Waals surface area (Å²) in [6.45, 7) is 0.560. The monoisotopic (exact) mass is 343 g/mol. The smallest absolute Gasteiger partial charge is 0.240 e. The van der Waals surface area contributed by atoms with E-state index in [1.165, 1.54) is 0 Å². The van der Waals surface area contributed by atoms with E-state index in [1.54, 1.807) is 24.5 Å². The molecule has 2 aromatic heterocycles. The molecule has 2 heterocycles. The van der Waals surface area contributed by atoms with Crippen LogP contribution in [0.3, 0.4) is 0 Å². The lowest BCUT2D eigenvalue weighted by molar-refractivity contribution is -0.121. The number of hydrogen-bond acceptors (Lipinski definition) is 3. The van der Waals surface area contributed by atoms with E-state index in [0.29, 0.717) is 17.3 Å². The predicted molar refractivity (Wildman–Crippen MR) is 102 cm³/mol. The Bertz CT molecular complexity index is 1090. The number of para-hydroxylation sites is 2. The van der Waals surface area contributed by atoms with Crippen LogP contribution in [-0.4, -0.2) is 15.5 Å². The Kier molecular flexibility index (Phi) is 4.19. The molecule has 0 unspecified atom stereocenters. The van der Waals surface area contributed by atoms with Gasteiger partial charge in [-0.05, 0) is 35.9 Å². The van der Waals surface area contributed by atoms with Gasteiger partial charge in [-0.25, -0.2) is 0 Å². The van der Waals surface area contributed by atoms with Crippen molar-refractivity contribution >= 4 is 27.7 Å². The minimum atomic E-state index is -0.118. The van der Waals surface area contributed by atoms with Crippen molar-refractivity contribution in [3.63, 3.8) is 0 Å². The van der Waals surface area contributed by atoms with Gasteiger partial charge in [-0.3, -0.25) is 14.6 Å². The fraction of sp³-hybridized carbons (Fsp3) is 0.0952. The van der Waals surface area contributed by atoms with Crippen LogP contribution >= 0.6 is 0 Å². The number of rotatable bonds is 4. The van der Waals surface area contributed by atoms with Crippen molar-refractivity contribution in [3.8, 4) is 0 Å². The Morgan fingerprint density at radius 3 is 2.19 bits per heavy atom. The van der Waals surface area contributed by atoms with Crippen LogP contribution < -0.4 is 10.7 Å². The molecular formula is C21H17N3O2. The van der Waals surface area contributed by atoms with Crippen molar-refractivity contribution in [1.29, 1.82) is 0 Å². The van der Waals surface area contributed by atoms with Crippen LogP contribution in [-0.2, 0) is 17.9 Å². The highest BCUT2D eigenvalue weighted by atomic mass is 16.2. The average Bonchev–Trinajstić information content (AvgIpc) is 2.70. The number of carbonyl (C=O) groups excluding carboxylic acids is 1. The first kappa shape index (κ1) is 16.0. The van der Waals surface area contributed by atoms with E-state index in [-0.39, 0.29) is 17.9 Å². The van der Waals surface area contributed by atoms with Gasteiger partial charge in [0.05, 0.1) is 11.0 Å². The molecule has 128 valence electrons. The molecule has 5 nitrogen and oxygen atoms in total. The second-order valence-corrected chi connectivity index (χ2v) is 6.09. The first-order chi connectivity index (χ1) is 12.7. The molecule has 0 saturated heterocycles. The average molecular weight is 343 g/mol. The van der Waals surface area contributed by atoms with Crippen molar-refractivity contribution in [2.24, 2.45) is 0 Å². The summed E-state index contributed by atoms with van der Waals surface area (Å²) in [5, 5.41) is 4.15. The van der Waals surface area contributed by atoms with Gasteiger partial charge >= 0.3 is 0 Å². The van der Waals surface area contributed by atoms with Crippen molar-refractivity contribution in [1.82, 2.24) is 14.9 Å². The normalized spacial score (nSPS) is 10.9. The SMILES string of the molecule is O=C(Cn1c2ccccc2c(=O)c2ccccc21)NCc1cccnc1. The van der Waals surface area contributed by atoms with Gasteiger partial charge in [0.25, 0.3) is 0 Å². The summed E-state index contributed by atoms with van der Waals surface area (Å²) < 4.78 is 1.89. The second-order valence-electron chi connectivity index (χ2n) is 6.09. The van der Waals surface area contributed by atoms with E-state index in [2.05, 4.69) is 10.3 Å². The molecule has 1 amide bonds. The Morgan fingerprint density at radius 1 is 0.923 bits per heavy atom.